The summed E-state index contributed by atoms with van der Waals surface area (Å²) in [6.45, 7) is 0.713. The molecule has 0 aromatic heterocycles. The van der Waals surface area contributed by atoms with Gasteiger partial charge in [-0.05, 0) is 0 Å². The number of hydroxylamine groups is 1. The zero-order chi connectivity index (χ0) is 9.40. The number of hydrogen-bond donors (Lipinski definition) is 3. The van der Waals surface area contributed by atoms with Gasteiger partial charge in [-0.15, -0.1) is 0 Å². The molecule has 15 heavy (non-hydrogen) atoms. The molecule has 9 heteroatoms. The third-order valence-corrected chi connectivity index (χ3v) is 0.975. The predicted molar refractivity (Wildman–Crippen MR) is 61.5 cm³/mol. The molecule has 0 unspecified atom stereocenters. The average molecular weight is 248 g/mol. The first-order chi connectivity index (χ1) is 5.66. The van der Waals surface area contributed by atoms with Gasteiger partial charge in [0.1, 0.15) is 0 Å². The molecule has 0 bridgehead atoms. The standard InChI is InChI=1S/C6H12N2O4.3Na.3H/c7-3-4-8-12-6(11)2-1-5(9)10;;;;;;/h8H,1-4,7H2,(H,9,10);;;;;;. The number of carboxylic acid groups (broad SMARTS) is 1. The molecule has 6 nitrogen and oxygen atoms in total. The van der Waals surface area contributed by atoms with Crippen molar-refractivity contribution in [3.8, 4) is 0 Å². The van der Waals surface area contributed by atoms with Crippen molar-refractivity contribution in [1.29, 1.82) is 0 Å². The topological polar surface area (TPSA) is 102 Å². The van der Waals surface area contributed by atoms with E-state index >= 15 is 0 Å². The summed E-state index contributed by atoms with van der Waals surface area (Å²) in [7, 11) is 0. The molecular formula is C6H15N2Na3O4. The predicted octanol–water partition coefficient (Wildman–Crippen LogP) is -3.09. The fourth-order valence-corrected chi connectivity index (χ4v) is 0.450. The molecule has 0 saturated carbocycles. The molecule has 76 valence electrons. The second kappa shape index (κ2) is 18.2. The molecule has 0 aromatic carbocycles. The number of nitrogens with one attached hydrogen (secondary N) is 1. The Hall–Kier alpha value is 1.86. The zero-order valence-corrected chi connectivity index (χ0v) is 6.58. The maximum atomic E-state index is 10.6. The first-order valence-corrected chi connectivity index (χ1v) is 3.51. The van der Waals surface area contributed by atoms with E-state index in [1.165, 1.54) is 0 Å². The van der Waals surface area contributed by atoms with Crippen LogP contribution in [0.1, 0.15) is 12.8 Å². The number of rotatable bonds is 6. The summed E-state index contributed by atoms with van der Waals surface area (Å²) >= 11 is 0. The number of carbonyl (C=O) groups is 2. The van der Waals surface area contributed by atoms with Crippen LogP contribution in [0.3, 0.4) is 0 Å². The fraction of sp³-hybridized carbons (Fsp3) is 0.667. The molecule has 4 N–H and O–H groups in total. The van der Waals surface area contributed by atoms with Crippen LogP contribution in [0.5, 0.6) is 0 Å². The van der Waals surface area contributed by atoms with Gasteiger partial charge in [0.15, 0.2) is 0 Å². The zero-order valence-electron chi connectivity index (χ0n) is 6.58. The van der Waals surface area contributed by atoms with Crippen LogP contribution in [-0.2, 0) is 14.4 Å². The minimum absolute atomic E-state index is 0. The molecule has 0 spiro atoms. The van der Waals surface area contributed by atoms with Crippen molar-refractivity contribution in [1.82, 2.24) is 5.48 Å². The Bertz CT molecular complexity index is 170. The van der Waals surface area contributed by atoms with Crippen molar-refractivity contribution in [3.05, 3.63) is 0 Å². The summed E-state index contributed by atoms with van der Waals surface area (Å²) in [5, 5.41) is 8.19. The number of aliphatic carboxylic acids is 1. The molecule has 0 aliphatic carbocycles. The van der Waals surface area contributed by atoms with Crippen molar-refractivity contribution in [2.75, 3.05) is 13.1 Å². The molecular weight excluding hydrogens is 233 g/mol. The molecule has 0 heterocycles. The molecule has 0 radical (unpaired) electrons. The van der Waals surface area contributed by atoms with Gasteiger partial charge in [-0.3, -0.25) is 9.59 Å². The third kappa shape index (κ3) is 21.7. The van der Waals surface area contributed by atoms with Gasteiger partial charge in [0.05, 0.1) is 12.8 Å². The number of hydrogen-bond acceptors (Lipinski definition) is 5. The van der Waals surface area contributed by atoms with Gasteiger partial charge < -0.3 is 15.7 Å². The molecule has 0 amide bonds. The SMILES string of the molecule is NCCNOC(=O)CCC(=O)O.[NaH].[NaH].[NaH]. The third-order valence-electron chi connectivity index (χ3n) is 0.975. The van der Waals surface area contributed by atoms with E-state index in [-0.39, 0.29) is 102 Å². The normalized spacial score (nSPS) is 7.53. The Labute approximate surface area is 155 Å². The summed E-state index contributed by atoms with van der Waals surface area (Å²) in [6, 6.07) is 0. The molecule has 0 atom stereocenters. The van der Waals surface area contributed by atoms with E-state index in [0.717, 1.165) is 0 Å². The molecule has 0 aliphatic rings. The van der Waals surface area contributed by atoms with E-state index in [0.29, 0.717) is 13.1 Å². The summed E-state index contributed by atoms with van der Waals surface area (Å²) in [6.07, 6.45) is -0.351. The monoisotopic (exact) mass is 248 g/mol. The quantitative estimate of drug-likeness (QED) is 0.262. The van der Waals surface area contributed by atoms with Gasteiger partial charge in [0.2, 0.25) is 0 Å². The van der Waals surface area contributed by atoms with Crippen molar-refractivity contribution in [2.24, 2.45) is 5.73 Å². The maximum absolute atomic E-state index is 10.6. The Kier molecular flexibility index (Phi) is 31.2. The van der Waals surface area contributed by atoms with Crippen molar-refractivity contribution in [3.63, 3.8) is 0 Å². The van der Waals surface area contributed by atoms with Gasteiger partial charge in [0.25, 0.3) is 0 Å². The summed E-state index contributed by atoms with van der Waals surface area (Å²) in [5.41, 5.74) is 7.38. The van der Waals surface area contributed by atoms with E-state index in [2.05, 4.69) is 10.3 Å². The van der Waals surface area contributed by atoms with Crippen LogP contribution in [0, 0.1) is 0 Å². The second-order valence-corrected chi connectivity index (χ2v) is 2.05. The Morgan fingerprint density at radius 2 is 1.73 bits per heavy atom. The van der Waals surface area contributed by atoms with Crippen LogP contribution in [0.15, 0.2) is 0 Å². The average Bonchev–Trinajstić information content (AvgIpc) is 2.01. The van der Waals surface area contributed by atoms with Crippen LogP contribution >= 0.6 is 0 Å². The van der Waals surface area contributed by atoms with Crippen molar-refractivity contribution in [2.45, 2.75) is 12.8 Å². The fourth-order valence-electron chi connectivity index (χ4n) is 0.450. The van der Waals surface area contributed by atoms with Crippen LogP contribution in [0.4, 0.5) is 0 Å². The first kappa shape index (κ1) is 25.6. The molecule has 0 aliphatic heterocycles. The van der Waals surface area contributed by atoms with Crippen LogP contribution < -0.4 is 11.2 Å². The van der Waals surface area contributed by atoms with Gasteiger partial charge in [-0.25, -0.2) is 0 Å². The number of carboxylic acids is 1. The van der Waals surface area contributed by atoms with Crippen molar-refractivity contribution >= 4 is 101 Å². The Morgan fingerprint density at radius 3 is 2.13 bits per heavy atom. The van der Waals surface area contributed by atoms with E-state index in [1.807, 2.05) is 0 Å². The van der Waals surface area contributed by atoms with Crippen LogP contribution in [0.25, 0.3) is 0 Å². The molecule has 0 saturated heterocycles. The second-order valence-electron chi connectivity index (χ2n) is 2.05. The number of nitrogens with two attached hydrogens (primary N) is 1. The van der Waals surface area contributed by atoms with Gasteiger partial charge in [0, 0.05) is 13.1 Å². The van der Waals surface area contributed by atoms with E-state index < -0.39 is 11.9 Å². The first-order valence-electron chi connectivity index (χ1n) is 3.51. The number of carbonyl (C=O) groups excluding carboxylic acids is 1. The molecule has 0 fully saturated rings. The van der Waals surface area contributed by atoms with E-state index in [4.69, 9.17) is 10.8 Å². The van der Waals surface area contributed by atoms with Crippen LogP contribution in [-0.4, -0.2) is 119 Å². The van der Waals surface area contributed by atoms with Gasteiger partial charge in [-0.2, -0.15) is 5.48 Å². The Morgan fingerprint density at radius 1 is 1.20 bits per heavy atom. The summed E-state index contributed by atoms with van der Waals surface area (Å²) in [5.74, 6) is -1.61. The minimum atomic E-state index is -1.02. The molecule has 0 aromatic rings. The van der Waals surface area contributed by atoms with E-state index in [1.54, 1.807) is 0 Å². The van der Waals surface area contributed by atoms with Gasteiger partial charge in [-0.1, -0.05) is 0 Å². The summed E-state index contributed by atoms with van der Waals surface area (Å²) in [4.78, 5) is 25.0. The Balaban J connectivity index is -0.000000202. The van der Waals surface area contributed by atoms with Crippen LogP contribution in [0.2, 0.25) is 0 Å². The van der Waals surface area contributed by atoms with Crippen molar-refractivity contribution < 1.29 is 19.5 Å². The molecule has 0 rings (SSSR count). The summed E-state index contributed by atoms with van der Waals surface area (Å²) < 4.78 is 0. The van der Waals surface area contributed by atoms with Gasteiger partial charge >= 0.3 is 101 Å². The van der Waals surface area contributed by atoms with E-state index in [9.17, 15) is 9.59 Å².